The normalized spacial score (nSPS) is 12.7. The predicted molar refractivity (Wildman–Crippen MR) is 118 cm³/mol. The fourth-order valence-electron chi connectivity index (χ4n) is 3.32. The lowest BCUT2D eigenvalue weighted by Crippen LogP contribution is -1.92. The van der Waals surface area contributed by atoms with Crippen molar-refractivity contribution in [2.75, 3.05) is 0 Å². The highest BCUT2D eigenvalue weighted by Gasteiger charge is 2.25. The summed E-state index contributed by atoms with van der Waals surface area (Å²) in [5.41, 5.74) is 6.69. The number of rotatable bonds is 2. The predicted octanol–water partition coefficient (Wildman–Crippen LogP) is 4.87. The second kappa shape index (κ2) is 7.94. The summed E-state index contributed by atoms with van der Waals surface area (Å²) in [6.07, 6.45) is 5.98. The fourth-order valence-corrected chi connectivity index (χ4v) is 4.13. The topological polar surface area (TPSA) is 104 Å². The van der Waals surface area contributed by atoms with Gasteiger partial charge in [0.2, 0.25) is 0 Å². The Hall–Kier alpha value is -4.14. The first-order valence-corrected chi connectivity index (χ1v) is 10.6. The molecule has 0 aliphatic heterocycles. The Labute approximate surface area is 181 Å². The summed E-state index contributed by atoms with van der Waals surface area (Å²) in [7, 11) is 0. The van der Waals surface area contributed by atoms with E-state index in [2.05, 4.69) is 32.4 Å². The molecule has 0 amide bonds. The molecule has 0 atom stereocenters. The number of aromatic nitrogens is 5. The van der Waals surface area contributed by atoms with Gasteiger partial charge in [-0.15, -0.1) is 16.4 Å². The average molecular weight is 421 g/mol. The minimum absolute atomic E-state index is 0.507. The molecule has 1 saturated carbocycles. The van der Waals surface area contributed by atoms with Gasteiger partial charge in [0.15, 0.2) is 0 Å². The van der Waals surface area contributed by atoms with Crippen LogP contribution in [0.4, 0.5) is 0 Å². The molecule has 3 heterocycles. The molecular weight excluding hydrogens is 406 g/mol. The Morgan fingerprint density at radius 1 is 1.03 bits per heavy atom. The Bertz CT molecular complexity index is 1480. The van der Waals surface area contributed by atoms with Gasteiger partial charge in [-0.05, 0) is 31.0 Å². The van der Waals surface area contributed by atoms with E-state index in [1.165, 1.54) is 23.7 Å². The minimum atomic E-state index is 0.507. The Balaban J connectivity index is 0.000000135. The van der Waals surface area contributed by atoms with Crippen LogP contribution in [0.1, 0.15) is 30.0 Å². The second-order valence-corrected chi connectivity index (χ2v) is 8.00. The molecule has 0 unspecified atom stereocenters. The fraction of sp³-hybridized carbons (Fsp3) is 0.130. The van der Waals surface area contributed by atoms with Gasteiger partial charge >= 0.3 is 0 Å². The second-order valence-electron chi connectivity index (χ2n) is 7.15. The molecule has 148 valence electrons. The van der Waals surface area contributed by atoms with E-state index in [4.69, 9.17) is 10.5 Å². The van der Waals surface area contributed by atoms with Crippen LogP contribution in [0.25, 0.3) is 32.4 Å². The highest BCUT2D eigenvalue weighted by molar-refractivity contribution is 7.17. The first-order chi connectivity index (χ1) is 15.3. The van der Waals surface area contributed by atoms with Crippen molar-refractivity contribution in [1.29, 1.82) is 10.5 Å². The molecule has 1 aliphatic rings. The van der Waals surface area contributed by atoms with Crippen LogP contribution >= 0.6 is 11.3 Å². The van der Waals surface area contributed by atoms with Crippen LogP contribution in [0.3, 0.4) is 0 Å². The molecule has 3 aromatic heterocycles. The molecule has 31 heavy (non-hydrogen) atoms. The number of hydrogen-bond acceptors (Lipinski definition) is 7. The highest BCUT2D eigenvalue weighted by Crippen LogP contribution is 2.36. The van der Waals surface area contributed by atoms with E-state index in [1.807, 2.05) is 40.7 Å². The lowest BCUT2D eigenvalue weighted by atomic mass is 10.1. The van der Waals surface area contributed by atoms with Gasteiger partial charge in [-0.2, -0.15) is 10.5 Å². The summed E-state index contributed by atoms with van der Waals surface area (Å²) < 4.78 is 3.17. The molecule has 0 bridgehead atoms. The largest absolute Gasteiger partial charge is 0.253 e. The number of nitrogens with zero attached hydrogens (tertiary/aromatic N) is 7. The number of nitriles is 2. The number of hydrogen-bond donors (Lipinski definition) is 0. The minimum Gasteiger partial charge on any atom is -0.253 e. The van der Waals surface area contributed by atoms with Crippen LogP contribution in [0.15, 0.2) is 60.4 Å². The number of para-hydroxylation sites is 1. The van der Waals surface area contributed by atoms with E-state index < -0.39 is 0 Å². The zero-order chi connectivity index (χ0) is 21.2. The molecule has 8 heteroatoms. The molecule has 0 N–H and O–H groups in total. The van der Waals surface area contributed by atoms with E-state index in [9.17, 15) is 0 Å². The first kappa shape index (κ1) is 18.9. The lowest BCUT2D eigenvalue weighted by molar-refractivity contribution is 0.610. The maximum atomic E-state index is 8.81. The first-order valence-electron chi connectivity index (χ1n) is 9.70. The van der Waals surface area contributed by atoms with E-state index in [-0.39, 0.29) is 0 Å². The number of fused-ring (bicyclic) bond motifs is 2. The third-order valence-corrected chi connectivity index (χ3v) is 5.90. The van der Waals surface area contributed by atoms with Crippen LogP contribution in [-0.4, -0.2) is 25.0 Å². The summed E-state index contributed by atoms with van der Waals surface area (Å²) >= 11 is 1.65. The van der Waals surface area contributed by atoms with E-state index in [0.717, 1.165) is 22.2 Å². The van der Waals surface area contributed by atoms with Crippen LogP contribution in [-0.2, 0) is 0 Å². The van der Waals surface area contributed by atoms with Crippen molar-refractivity contribution in [2.24, 2.45) is 0 Å². The Morgan fingerprint density at radius 3 is 2.71 bits per heavy atom. The molecule has 2 aromatic carbocycles. The van der Waals surface area contributed by atoms with Gasteiger partial charge in [0.05, 0.1) is 44.6 Å². The van der Waals surface area contributed by atoms with Gasteiger partial charge in [-0.3, -0.25) is 4.98 Å². The number of thiazole rings is 1. The van der Waals surface area contributed by atoms with Crippen molar-refractivity contribution in [3.05, 3.63) is 71.5 Å². The quantitative estimate of drug-likeness (QED) is 0.403. The van der Waals surface area contributed by atoms with Crippen molar-refractivity contribution < 1.29 is 0 Å². The third-order valence-electron chi connectivity index (χ3n) is 5.02. The summed E-state index contributed by atoms with van der Waals surface area (Å²) in [5.74, 6) is 0. The molecule has 0 saturated heterocycles. The van der Waals surface area contributed by atoms with Crippen molar-refractivity contribution in [3.63, 3.8) is 0 Å². The van der Waals surface area contributed by atoms with Crippen LogP contribution < -0.4 is 0 Å². The maximum absolute atomic E-state index is 8.81. The third kappa shape index (κ3) is 3.73. The van der Waals surface area contributed by atoms with E-state index in [0.29, 0.717) is 22.7 Å². The lowest BCUT2D eigenvalue weighted by Gasteiger charge is -1.98. The average Bonchev–Trinajstić information content (AvgIpc) is 3.34. The molecule has 5 aromatic rings. The Morgan fingerprint density at radius 2 is 1.90 bits per heavy atom. The van der Waals surface area contributed by atoms with Gasteiger partial charge < -0.3 is 0 Å². The van der Waals surface area contributed by atoms with Gasteiger partial charge in [0, 0.05) is 17.1 Å². The van der Waals surface area contributed by atoms with Gasteiger partial charge in [-0.1, -0.05) is 29.5 Å². The standard InChI is InChI=1S/C12H10N4S.C11H5N3/c1-2-9(12-10(3-1)13-7-17-12)11-6-16(15-14-11)8-4-5-8;12-5-8-4-9-2-1-3-10(6-13)11(9)14-7-8/h1-3,6-8H,4-5H2;1-4,7H. The molecule has 6 rings (SSSR count). The van der Waals surface area contributed by atoms with Gasteiger partial charge in [-0.25, -0.2) is 9.67 Å². The van der Waals surface area contributed by atoms with E-state index >= 15 is 0 Å². The summed E-state index contributed by atoms with van der Waals surface area (Å²) in [6.45, 7) is 0. The summed E-state index contributed by atoms with van der Waals surface area (Å²) in [6, 6.07) is 17.8. The maximum Gasteiger partial charge on any atom is 0.114 e. The van der Waals surface area contributed by atoms with E-state index in [1.54, 1.807) is 29.5 Å². The Kier molecular flexibility index (Phi) is 4.83. The monoisotopic (exact) mass is 421 g/mol. The SMILES string of the molecule is N#Cc1cnc2c(C#N)cccc2c1.c1cc(-c2cn(C3CC3)nn2)c2scnc2c1. The zero-order valence-corrected chi connectivity index (χ0v) is 17.1. The molecule has 1 fully saturated rings. The van der Waals surface area contributed by atoms with Crippen molar-refractivity contribution in [2.45, 2.75) is 18.9 Å². The molecule has 7 nitrogen and oxygen atoms in total. The van der Waals surface area contributed by atoms with Gasteiger partial charge in [0.25, 0.3) is 0 Å². The number of pyridine rings is 1. The zero-order valence-electron chi connectivity index (χ0n) is 16.3. The molecule has 0 radical (unpaired) electrons. The van der Waals surface area contributed by atoms with Crippen molar-refractivity contribution in [1.82, 2.24) is 25.0 Å². The van der Waals surface area contributed by atoms with Crippen molar-refractivity contribution >= 4 is 32.5 Å². The molecule has 0 spiro atoms. The molecule has 1 aliphatic carbocycles. The van der Waals surface area contributed by atoms with Crippen molar-refractivity contribution in [3.8, 4) is 23.4 Å². The van der Waals surface area contributed by atoms with Gasteiger partial charge in [0.1, 0.15) is 17.8 Å². The number of benzene rings is 2. The van der Waals surface area contributed by atoms with Crippen LogP contribution in [0, 0.1) is 22.7 Å². The summed E-state index contributed by atoms with van der Waals surface area (Å²) in [4.78, 5) is 8.40. The smallest absolute Gasteiger partial charge is 0.114 e. The van der Waals surface area contributed by atoms with Crippen LogP contribution in [0.2, 0.25) is 0 Å². The summed E-state index contributed by atoms with van der Waals surface area (Å²) in [5, 5.41) is 26.8. The molecular formula is C23H15N7S. The highest BCUT2D eigenvalue weighted by atomic mass is 32.1. The van der Waals surface area contributed by atoms with Crippen LogP contribution in [0.5, 0.6) is 0 Å².